The summed E-state index contributed by atoms with van der Waals surface area (Å²) in [5.74, 6) is -0.460. The van der Waals surface area contributed by atoms with Crippen LogP contribution in [-0.4, -0.2) is 61.4 Å². The maximum absolute atomic E-state index is 13.4. The molecule has 1 aromatic carbocycles. The van der Waals surface area contributed by atoms with E-state index in [0.29, 0.717) is 12.3 Å². The third-order valence-electron chi connectivity index (χ3n) is 5.17. The minimum Gasteiger partial charge on any atom is -0.329 e. The van der Waals surface area contributed by atoms with Crippen molar-refractivity contribution in [1.29, 1.82) is 0 Å². The number of nitrogens with zero attached hydrogens (tertiary/aromatic N) is 3. The van der Waals surface area contributed by atoms with Gasteiger partial charge < -0.3 is 4.90 Å². The van der Waals surface area contributed by atoms with Crippen LogP contribution in [0.2, 0.25) is 5.02 Å². The van der Waals surface area contributed by atoms with Crippen molar-refractivity contribution in [2.45, 2.75) is 43.9 Å². The van der Waals surface area contributed by atoms with Gasteiger partial charge in [-0.1, -0.05) is 49.7 Å². The van der Waals surface area contributed by atoms with Gasteiger partial charge in [-0.3, -0.25) is 4.79 Å². The first-order chi connectivity index (χ1) is 14.4. The number of benzene rings is 1. The molecule has 1 aromatic heterocycles. The molecule has 3 rings (SSSR count). The van der Waals surface area contributed by atoms with Gasteiger partial charge in [0.25, 0.3) is 5.91 Å². The lowest BCUT2D eigenvalue weighted by Crippen LogP contribution is -2.41. The van der Waals surface area contributed by atoms with Crippen LogP contribution in [0, 0.1) is 0 Å². The van der Waals surface area contributed by atoms with Gasteiger partial charge in [-0.25, -0.2) is 26.8 Å². The molecular formula is C20H24ClN3O5S2. The highest BCUT2D eigenvalue weighted by Crippen LogP contribution is 2.25. The Kier molecular flexibility index (Phi) is 6.73. The molecule has 0 saturated carbocycles. The normalized spacial score (nSPS) is 18.3. The van der Waals surface area contributed by atoms with Crippen molar-refractivity contribution < 1.29 is 21.6 Å². The molecule has 2 heterocycles. The Morgan fingerprint density at radius 1 is 1.26 bits per heavy atom. The fraction of sp³-hybridized carbons (Fsp3) is 0.450. The van der Waals surface area contributed by atoms with E-state index in [2.05, 4.69) is 23.8 Å². The van der Waals surface area contributed by atoms with Crippen LogP contribution in [0.15, 0.2) is 35.6 Å². The van der Waals surface area contributed by atoms with Crippen molar-refractivity contribution in [3.8, 4) is 0 Å². The van der Waals surface area contributed by atoms with E-state index in [1.54, 1.807) is 0 Å². The molecule has 1 fully saturated rings. The molecule has 31 heavy (non-hydrogen) atoms. The van der Waals surface area contributed by atoms with Gasteiger partial charge in [0.05, 0.1) is 22.7 Å². The fourth-order valence-electron chi connectivity index (χ4n) is 3.41. The third-order valence-corrected chi connectivity index (χ3v) is 8.05. The van der Waals surface area contributed by atoms with Gasteiger partial charge in [-0.2, -0.15) is 0 Å². The average molecular weight is 486 g/mol. The molecule has 0 spiro atoms. The number of carbonyl (C=O) groups excluding carboxylic acids is 1. The molecule has 1 saturated heterocycles. The summed E-state index contributed by atoms with van der Waals surface area (Å²) in [6, 6.07) is 7.15. The van der Waals surface area contributed by atoms with Crippen LogP contribution in [-0.2, 0) is 26.2 Å². The van der Waals surface area contributed by atoms with Crippen molar-refractivity contribution in [1.82, 2.24) is 14.9 Å². The zero-order chi connectivity index (χ0) is 23.0. The summed E-state index contributed by atoms with van der Waals surface area (Å²) < 4.78 is 47.8. The van der Waals surface area contributed by atoms with Gasteiger partial charge in [-0.15, -0.1) is 0 Å². The third kappa shape index (κ3) is 5.61. The highest BCUT2D eigenvalue weighted by atomic mass is 35.5. The molecule has 1 amide bonds. The van der Waals surface area contributed by atoms with E-state index in [-0.39, 0.29) is 28.8 Å². The standard InChI is InChI=1S/C20H24ClN3O5S2/c1-13(2)15-6-4-14(5-7-15)11-24(16-8-9-31(28,29)12-16)19(25)18-17(21)10-22-20(23-18)30(3,26)27/h4-7,10,13,16H,8-9,11-12H2,1-3H3. The quantitative estimate of drug-likeness (QED) is 0.577. The summed E-state index contributed by atoms with van der Waals surface area (Å²) in [6.45, 7) is 4.29. The maximum atomic E-state index is 13.4. The van der Waals surface area contributed by atoms with E-state index in [0.717, 1.165) is 23.6 Å². The zero-order valence-electron chi connectivity index (χ0n) is 17.4. The molecule has 1 atom stereocenters. The van der Waals surface area contributed by atoms with Crippen LogP contribution in [0.3, 0.4) is 0 Å². The number of carbonyl (C=O) groups is 1. The second-order valence-electron chi connectivity index (χ2n) is 8.01. The van der Waals surface area contributed by atoms with Gasteiger partial charge in [0.15, 0.2) is 15.5 Å². The van der Waals surface area contributed by atoms with E-state index in [9.17, 15) is 21.6 Å². The molecule has 0 aliphatic carbocycles. The van der Waals surface area contributed by atoms with E-state index < -0.39 is 36.8 Å². The SMILES string of the molecule is CC(C)c1ccc(CN(C(=O)c2nc(S(C)(=O)=O)ncc2Cl)C2CCS(=O)(=O)C2)cc1. The Hall–Kier alpha value is -2.04. The molecule has 2 aromatic rings. The van der Waals surface area contributed by atoms with Crippen molar-refractivity contribution in [3.05, 3.63) is 52.3 Å². The first-order valence-electron chi connectivity index (χ1n) is 9.70. The van der Waals surface area contributed by atoms with Crippen LogP contribution in [0.4, 0.5) is 0 Å². The number of hydrogen-bond acceptors (Lipinski definition) is 7. The summed E-state index contributed by atoms with van der Waals surface area (Å²) >= 11 is 6.12. The van der Waals surface area contributed by atoms with Crippen LogP contribution in [0.25, 0.3) is 0 Å². The minimum atomic E-state index is -3.76. The molecule has 1 unspecified atom stereocenters. The smallest absolute Gasteiger partial charge is 0.274 e. The Bertz CT molecular complexity index is 1200. The van der Waals surface area contributed by atoms with Crippen LogP contribution in [0.1, 0.15) is 47.8 Å². The van der Waals surface area contributed by atoms with E-state index in [4.69, 9.17) is 11.6 Å². The predicted octanol–water partition coefficient (Wildman–Crippen LogP) is 2.49. The Balaban J connectivity index is 1.99. The summed E-state index contributed by atoms with van der Waals surface area (Å²) in [5.41, 5.74) is 1.69. The lowest BCUT2D eigenvalue weighted by Gasteiger charge is -2.28. The van der Waals surface area contributed by atoms with E-state index >= 15 is 0 Å². The Labute approximate surface area is 187 Å². The van der Waals surface area contributed by atoms with Crippen molar-refractivity contribution in [3.63, 3.8) is 0 Å². The second kappa shape index (κ2) is 8.84. The molecule has 8 nitrogen and oxygen atoms in total. The number of rotatable bonds is 6. The molecular weight excluding hydrogens is 462 g/mol. The number of hydrogen-bond donors (Lipinski definition) is 0. The molecule has 168 valence electrons. The van der Waals surface area contributed by atoms with Crippen LogP contribution >= 0.6 is 11.6 Å². The molecule has 11 heteroatoms. The summed E-state index contributed by atoms with van der Waals surface area (Å²) in [5, 5.41) is -0.612. The highest BCUT2D eigenvalue weighted by Gasteiger charge is 2.36. The number of halogens is 1. The van der Waals surface area contributed by atoms with Crippen LogP contribution < -0.4 is 0 Å². The summed E-state index contributed by atoms with van der Waals surface area (Å²) in [4.78, 5) is 22.4. The maximum Gasteiger partial charge on any atom is 0.274 e. The summed E-state index contributed by atoms with van der Waals surface area (Å²) in [7, 11) is -7.02. The number of amides is 1. The lowest BCUT2D eigenvalue weighted by molar-refractivity contribution is 0.0674. The van der Waals surface area contributed by atoms with Crippen molar-refractivity contribution in [2.75, 3.05) is 17.8 Å². The van der Waals surface area contributed by atoms with Crippen molar-refractivity contribution >= 4 is 37.2 Å². The first-order valence-corrected chi connectivity index (χ1v) is 13.8. The van der Waals surface area contributed by atoms with Gasteiger partial charge >= 0.3 is 0 Å². The lowest BCUT2D eigenvalue weighted by atomic mass is 10.0. The first kappa shape index (κ1) is 23.6. The molecule has 0 N–H and O–H groups in total. The molecule has 0 bridgehead atoms. The second-order valence-corrected chi connectivity index (χ2v) is 12.6. The average Bonchev–Trinajstić information content (AvgIpc) is 3.05. The largest absolute Gasteiger partial charge is 0.329 e. The Morgan fingerprint density at radius 2 is 1.90 bits per heavy atom. The number of sulfone groups is 2. The van der Waals surface area contributed by atoms with Gasteiger partial charge in [-0.05, 0) is 23.5 Å². The van der Waals surface area contributed by atoms with Gasteiger partial charge in [0.1, 0.15) is 0 Å². The topological polar surface area (TPSA) is 114 Å². The summed E-state index contributed by atoms with van der Waals surface area (Å²) in [6.07, 6.45) is 2.29. The number of aromatic nitrogens is 2. The van der Waals surface area contributed by atoms with Gasteiger partial charge in [0, 0.05) is 18.8 Å². The van der Waals surface area contributed by atoms with Gasteiger partial charge in [0.2, 0.25) is 15.0 Å². The van der Waals surface area contributed by atoms with E-state index in [1.807, 2.05) is 24.3 Å². The highest BCUT2D eigenvalue weighted by molar-refractivity contribution is 7.91. The minimum absolute atomic E-state index is 0.0141. The molecule has 0 radical (unpaired) electrons. The zero-order valence-corrected chi connectivity index (χ0v) is 19.8. The predicted molar refractivity (Wildman–Crippen MR) is 118 cm³/mol. The van der Waals surface area contributed by atoms with E-state index in [1.165, 1.54) is 4.90 Å². The molecule has 1 aliphatic rings. The Morgan fingerprint density at radius 3 is 2.42 bits per heavy atom. The fourth-order valence-corrected chi connectivity index (χ4v) is 5.81. The van der Waals surface area contributed by atoms with Crippen molar-refractivity contribution in [2.24, 2.45) is 0 Å². The monoisotopic (exact) mass is 485 g/mol. The van der Waals surface area contributed by atoms with Crippen LogP contribution in [0.5, 0.6) is 0 Å². The molecule has 1 aliphatic heterocycles.